The van der Waals surface area contributed by atoms with Crippen molar-refractivity contribution in [3.8, 4) is 34.5 Å². The van der Waals surface area contributed by atoms with Gasteiger partial charge in [-0.1, -0.05) is 30.3 Å². The van der Waals surface area contributed by atoms with Gasteiger partial charge in [-0.05, 0) is 108 Å². The van der Waals surface area contributed by atoms with E-state index in [4.69, 9.17) is 20.9 Å². The number of nitrogen functional groups attached to an aromatic ring is 2. The number of hydrogen-bond acceptors (Lipinski definition) is 6. The summed E-state index contributed by atoms with van der Waals surface area (Å²) in [6.45, 7) is 0. The van der Waals surface area contributed by atoms with Gasteiger partial charge in [0.2, 0.25) is 0 Å². The van der Waals surface area contributed by atoms with Crippen LogP contribution in [0.25, 0.3) is 0 Å². The van der Waals surface area contributed by atoms with E-state index in [0.717, 1.165) is 22.3 Å². The molecule has 5 rings (SSSR count). The lowest BCUT2D eigenvalue weighted by molar-refractivity contribution is 0.460. The first-order valence-electron chi connectivity index (χ1n) is 12.2. The molecule has 0 aliphatic rings. The van der Waals surface area contributed by atoms with Gasteiger partial charge >= 0.3 is 0 Å². The molecule has 0 heterocycles. The van der Waals surface area contributed by atoms with E-state index in [1.54, 1.807) is 24.3 Å². The van der Waals surface area contributed by atoms with Gasteiger partial charge in [0.1, 0.15) is 34.5 Å². The molecule has 0 saturated carbocycles. The van der Waals surface area contributed by atoms with E-state index in [0.29, 0.717) is 47.2 Å². The maximum Gasteiger partial charge on any atom is 0.131 e. The lowest BCUT2D eigenvalue weighted by Crippen LogP contribution is -1.97. The molecular formula is C32H28N2O4. The summed E-state index contributed by atoms with van der Waals surface area (Å²) in [6.07, 6.45) is 1.24. The normalized spacial score (nSPS) is 10.7. The molecule has 0 amide bonds. The summed E-state index contributed by atoms with van der Waals surface area (Å²) in [5.41, 5.74) is 17.7. The SMILES string of the molecule is Nc1ccc(Oc2cccc(Oc3ccc(N)c(Cc4ccc(O)cc4)c3)c2)cc1Cc1ccc(O)cc1. The Morgan fingerprint density at radius 3 is 1.29 bits per heavy atom. The smallest absolute Gasteiger partial charge is 0.131 e. The zero-order chi connectivity index (χ0) is 26.5. The van der Waals surface area contributed by atoms with Gasteiger partial charge in [0.25, 0.3) is 0 Å². The van der Waals surface area contributed by atoms with E-state index in [9.17, 15) is 10.2 Å². The third-order valence-corrected chi connectivity index (χ3v) is 6.17. The fraction of sp³-hybridized carbons (Fsp3) is 0.0625. The number of anilines is 2. The molecule has 6 heteroatoms. The van der Waals surface area contributed by atoms with Gasteiger partial charge < -0.3 is 31.2 Å². The standard InChI is InChI=1S/C32H28N2O4/c33-31-14-12-29(18-23(31)16-21-4-8-25(35)9-5-21)37-27-2-1-3-28(20-27)38-30-13-15-32(34)24(19-30)17-22-6-10-26(36)11-7-22/h1-15,18-20,35-36H,16-17,33-34H2. The highest BCUT2D eigenvalue weighted by molar-refractivity contribution is 5.55. The first-order chi connectivity index (χ1) is 18.4. The maximum atomic E-state index is 9.53. The van der Waals surface area contributed by atoms with E-state index in [1.165, 1.54) is 0 Å². The van der Waals surface area contributed by atoms with Crippen LogP contribution in [0.3, 0.4) is 0 Å². The summed E-state index contributed by atoms with van der Waals surface area (Å²) in [7, 11) is 0. The summed E-state index contributed by atoms with van der Waals surface area (Å²) in [5, 5.41) is 19.1. The van der Waals surface area contributed by atoms with Gasteiger partial charge in [-0.2, -0.15) is 0 Å². The molecule has 0 spiro atoms. The van der Waals surface area contributed by atoms with E-state index in [1.807, 2.05) is 84.9 Å². The summed E-state index contributed by atoms with van der Waals surface area (Å²) in [5.74, 6) is 3.04. The summed E-state index contributed by atoms with van der Waals surface area (Å²) >= 11 is 0. The van der Waals surface area contributed by atoms with Crippen LogP contribution in [-0.2, 0) is 12.8 Å². The van der Waals surface area contributed by atoms with Gasteiger partial charge in [-0.15, -0.1) is 0 Å². The molecule has 0 fully saturated rings. The predicted octanol–water partition coefficient (Wildman–Crippen LogP) is 7.03. The summed E-state index contributed by atoms with van der Waals surface area (Å²) < 4.78 is 12.2. The molecule has 0 aromatic heterocycles. The molecule has 38 heavy (non-hydrogen) atoms. The highest BCUT2D eigenvalue weighted by Gasteiger charge is 2.08. The number of rotatable bonds is 8. The second-order valence-corrected chi connectivity index (χ2v) is 9.09. The van der Waals surface area contributed by atoms with Crippen LogP contribution in [0.1, 0.15) is 22.3 Å². The zero-order valence-electron chi connectivity index (χ0n) is 20.7. The number of benzene rings is 5. The largest absolute Gasteiger partial charge is 0.508 e. The Hall–Kier alpha value is -5.10. The van der Waals surface area contributed by atoms with E-state index < -0.39 is 0 Å². The Bertz CT molecular complexity index is 1430. The van der Waals surface area contributed by atoms with Crippen molar-refractivity contribution in [3.05, 3.63) is 131 Å². The van der Waals surface area contributed by atoms with Crippen molar-refractivity contribution in [2.45, 2.75) is 12.8 Å². The van der Waals surface area contributed by atoms with Gasteiger partial charge in [0.05, 0.1) is 0 Å². The molecule has 0 radical (unpaired) electrons. The lowest BCUT2D eigenvalue weighted by Gasteiger charge is -2.13. The summed E-state index contributed by atoms with van der Waals surface area (Å²) in [4.78, 5) is 0. The van der Waals surface area contributed by atoms with Crippen molar-refractivity contribution >= 4 is 11.4 Å². The number of nitrogens with two attached hydrogens (primary N) is 2. The molecule has 0 unspecified atom stereocenters. The number of phenolic OH excluding ortho intramolecular Hbond substituents is 2. The molecule has 0 bridgehead atoms. The molecule has 5 aromatic carbocycles. The van der Waals surface area contributed by atoms with Crippen LogP contribution in [0, 0.1) is 0 Å². The number of ether oxygens (including phenoxy) is 2. The average molecular weight is 505 g/mol. The van der Waals surface area contributed by atoms with Crippen molar-refractivity contribution in [1.82, 2.24) is 0 Å². The number of aromatic hydroxyl groups is 2. The lowest BCUT2D eigenvalue weighted by atomic mass is 10.0. The van der Waals surface area contributed by atoms with Crippen LogP contribution in [0.4, 0.5) is 11.4 Å². The molecule has 0 aliphatic heterocycles. The number of phenols is 2. The van der Waals surface area contributed by atoms with Crippen LogP contribution in [0.2, 0.25) is 0 Å². The van der Waals surface area contributed by atoms with Crippen LogP contribution in [-0.4, -0.2) is 10.2 Å². The average Bonchev–Trinajstić information content (AvgIpc) is 2.91. The zero-order valence-corrected chi connectivity index (χ0v) is 20.7. The topological polar surface area (TPSA) is 111 Å². The molecule has 0 saturated heterocycles. The van der Waals surface area contributed by atoms with E-state index >= 15 is 0 Å². The predicted molar refractivity (Wildman–Crippen MR) is 150 cm³/mol. The van der Waals surface area contributed by atoms with Crippen molar-refractivity contribution in [3.63, 3.8) is 0 Å². The minimum Gasteiger partial charge on any atom is -0.508 e. The molecule has 0 aliphatic carbocycles. The van der Waals surface area contributed by atoms with Crippen LogP contribution < -0.4 is 20.9 Å². The Balaban J connectivity index is 1.29. The molecular weight excluding hydrogens is 476 g/mol. The van der Waals surface area contributed by atoms with Gasteiger partial charge in [0.15, 0.2) is 0 Å². The highest BCUT2D eigenvalue weighted by atomic mass is 16.5. The Morgan fingerprint density at radius 1 is 0.474 bits per heavy atom. The molecule has 6 nitrogen and oxygen atoms in total. The molecule has 190 valence electrons. The van der Waals surface area contributed by atoms with Crippen molar-refractivity contribution < 1.29 is 19.7 Å². The Labute approximate surface area is 221 Å². The third-order valence-electron chi connectivity index (χ3n) is 6.17. The minimum absolute atomic E-state index is 0.230. The van der Waals surface area contributed by atoms with E-state index in [2.05, 4.69) is 0 Å². The fourth-order valence-corrected chi connectivity index (χ4v) is 4.14. The van der Waals surface area contributed by atoms with Gasteiger partial charge in [0, 0.05) is 17.4 Å². The van der Waals surface area contributed by atoms with Gasteiger partial charge in [-0.3, -0.25) is 0 Å². The van der Waals surface area contributed by atoms with Crippen molar-refractivity contribution in [2.75, 3.05) is 11.5 Å². The second-order valence-electron chi connectivity index (χ2n) is 9.09. The Kier molecular flexibility index (Phi) is 7.04. The van der Waals surface area contributed by atoms with Crippen LogP contribution >= 0.6 is 0 Å². The molecule has 6 N–H and O–H groups in total. The van der Waals surface area contributed by atoms with Crippen LogP contribution in [0.15, 0.2) is 109 Å². The highest BCUT2D eigenvalue weighted by Crippen LogP contribution is 2.32. The second kappa shape index (κ2) is 10.9. The molecule has 5 aromatic rings. The van der Waals surface area contributed by atoms with E-state index in [-0.39, 0.29) is 11.5 Å². The summed E-state index contributed by atoms with van der Waals surface area (Å²) in [6, 6.07) is 32.7. The maximum absolute atomic E-state index is 9.53. The van der Waals surface area contributed by atoms with Crippen molar-refractivity contribution in [1.29, 1.82) is 0 Å². The van der Waals surface area contributed by atoms with Crippen LogP contribution in [0.5, 0.6) is 34.5 Å². The fourth-order valence-electron chi connectivity index (χ4n) is 4.14. The number of hydrogen-bond donors (Lipinski definition) is 4. The monoisotopic (exact) mass is 504 g/mol. The third kappa shape index (κ3) is 6.17. The van der Waals surface area contributed by atoms with Gasteiger partial charge in [-0.25, -0.2) is 0 Å². The quantitative estimate of drug-likeness (QED) is 0.169. The molecule has 0 atom stereocenters. The minimum atomic E-state index is 0.230. The first-order valence-corrected chi connectivity index (χ1v) is 12.2. The Morgan fingerprint density at radius 2 is 0.868 bits per heavy atom. The van der Waals surface area contributed by atoms with Crippen molar-refractivity contribution in [2.24, 2.45) is 0 Å². The first kappa shape index (κ1) is 24.6.